The maximum absolute atomic E-state index is 5.56. The fourth-order valence-corrected chi connectivity index (χ4v) is 1.03. The fraction of sp³-hybridized carbons (Fsp3) is 0. The molecule has 12 heavy (non-hydrogen) atoms. The number of hydrogen-bond acceptors (Lipinski definition) is 3. The Bertz CT molecular complexity index is 366. The monoisotopic (exact) mass is 160 g/mol. The third-order valence-corrected chi connectivity index (χ3v) is 1.61. The van der Waals surface area contributed by atoms with E-state index in [0.717, 1.165) is 5.69 Å². The smallest absolute Gasteiger partial charge is 0.226 e. The number of nitrogens with two attached hydrogens (primary N) is 1. The van der Waals surface area contributed by atoms with Crippen LogP contribution in [-0.2, 0) is 0 Å². The molecule has 1 heterocycles. The van der Waals surface area contributed by atoms with Crippen LogP contribution in [0.25, 0.3) is 5.69 Å². The fourth-order valence-electron chi connectivity index (χ4n) is 1.03. The third-order valence-electron chi connectivity index (χ3n) is 1.61. The minimum atomic E-state index is 0.404. The summed E-state index contributed by atoms with van der Waals surface area (Å²) in [6.07, 6.45) is 1.59. The molecule has 2 rings (SSSR count). The molecule has 2 aromatic rings. The number of nitrogen functional groups attached to an aromatic ring is 1. The molecule has 1 aromatic heterocycles. The zero-order chi connectivity index (χ0) is 8.39. The van der Waals surface area contributed by atoms with E-state index in [0.29, 0.717) is 5.95 Å². The van der Waals surface area contributed by atoms with Gasteiger partial charge in [-0.05, 0) is 12.1 Å². The molecule has 0 bridgehead atoms. The van der Waals surface area contributed by atoms with Gasteiger partial charge in [-0.3, -0.25) is 4.57 Å². The highest BCUT2D eigenvalue weighted by Crippen LogP contribution is 2.08. The molecule has 0 saturated heterocycles. The summed E-state index contributed by atoms with van der Waals surface area (Å²) in [5.41, 5.74) is 6.53. The molecule has 0 atom stereocenters. The predicted octanol–water partition coefficient (Wildman–Crippen LogP) is 0.849. The largest absolute Gasteiger partial charge is 0.368 e. The van der Waals surface area contributed by atoms with Crippen molar-refractivity contribution in [2.45, 2.75) is 0 Å². The van der Waals surface area contributed by atoms with Gasteiger partial charge >= 0.3 is 0 Å². The van der Waals surface area contributed by atoms with Crippen molar-refractivity contribution in [2.24, 2.45) is 0 Å². The lowest BCUT2D eigenvalue weighted by molar-refractivity contribution is 1.07. The Balaban J connectivity index is 2.51. The Kier molecular flexibility index (Phi) is 1.51. The minimum absolute atomic E-state index is 0.404. The number of hydrogen-bond donors (Lipinski definition) is 1. The van der Waals surface area contributed by atoms with E-state index in [1.165, 1.54) is 0 Å². The molecule has 60 valence electrons. The standard InChI is InChI=1S/C8H8N4/c9-8-11-10-6-12(8)7-4-2-1-3-5-7/h1-6H,(H2,9,11). The number of nitrogens with zero attached hydrogens (tertiary/aromatic N) is 3. The van der Waals surface area contributed by atoms with E-state index in [-0.39, 0.29) is 0 Å². The van der Waals surface area contributed by atoms with Gasteiger partial charge in [0.15, 0.2) is 0 Å². The Morgan fingerprint density at radius 2 is 1.92 bits per heavy atom. The van der Waals surface area contributed by atoms with Crippen LogP contribution in [0.2, 0.25) is 0 Å². The van der Waals surface area contributed by atoms with Crippen molar-refractivity contribution in [1.82, 2.24) is 14.8 Å². The van der Waals surface area contributed by atoms with Gasteiger partial charge in [-0.2, -0.15) is 0 Å². The summed E-state index contributed by atoms with van der Waals surface area (Å²) >= 11 is 0. The van der Waals surface area contributed by atoms with Crippen LogP contribution in [-0.4, -0.2) is 14.8 Å². The van der Waals surface area contributed by atoms with Crippen molar-refractivity contribution in [3.63, 3.8) is 0 Å². The zero-order valence-electron chi connectivity index (χ0n) is 6.38. The van der Waals surface area contributed by atoms with Crippen LogP contribution in [0.15, 0.2) is 36.7 Å². The lowest BCUT2D eigenvalue weighted by atomic mass is 10.3. The van der Waals surface area contributed by atoms with Gasteiger partial charge in [-0.15, -0.1) is 10.2 Å². The summed E-state index contributed by atoms with van der Waals surface area (Å²) in [5.74, 6) is 0.404. The first kappa shape index (κ1) is 6.84. The average Bonchev–Trinajstić information content (AvgIpc) is 2.53. The van der Waals surface area contributed by atoms with E-state index < -0.39 is 0 Å². The van der Waals surface area contributed by atoms with Gasteiger partial charge in [0, 0.05) is 0 Å². The first-order valence-electron chi connectivity index (χ1n) is 3.59. The molecule has 4 heteroatoms. The van der Waals surface area contributed by atoms with Crippen molar-refractivity contribution < 1.29 is 0 Å². The number of rotatable bonds is 1. The first-order valence-corrected chi connectivity index (χ1v) is 3.59. The minimum Gasteiger partial charge on any atom is -0.368 e. The SMILES string of the molecule is Nc1nncn1-c1ccccc1. The lowest BCUT2D eigenvalue weighted by Gasteiger charge is -2.00. The molecule has 0 aliphatic carbocycles. The Morgan fingerprint density at radius 1 is 1.17 bits per heavy atom. The molecule has 2 N–H and O–H groups in total. The summed E-state index contributed by atoms with van der Waals surface area (Å²) in [4.78, 5) is 0. The van der Waals surface area contributed by atoms with Crippen molar-refractivity contribution in [2.75, 3.05) is 5.73 Å². The summed E-state index contributed by atoms with van der Waals surface area (Å²) in [6.45, 7) is 0. The number of benzene rings is 1. The average molecular weight is 160 g/mol. The zero-order valence-corrected chi connectivity index (χ0v) is 6.38. The molecule has 0 unspecified atom stereocenters. The molecule has 4 nitrogen and oxygen atoms in total. The van der Waals surface area contributed by atoms with Crippen LogP contribution in [0.1, 0.15) is 0 Å². The second kappa shape index (κ2) is 2.65. The van der Waals surface area contributed by atoms with E-state index in [1.54, 1.807) is 10.9 Å². The highest BCUT2D eigenvalue weighted by Gasteiger charge is 1.99. The summed E-state index contributed by atoms with van der Waals surface area (Å²) in [6, 6.07) is 9.72. The van der Waals surface area contributed by atoms with Crippen LogP contribution in [0.4, 0.5) is 5.95 Å². The molecule has 0 aliphatic heterocycles. The van der Waals surface area contributed by atoms with Crippen molar-refractivity contribution in [3.8, 4) is 5.69 Å². The number of aromatic nitrogens is 3. The summed E-state index contributed by atoms with van der Waals surface area (Å²) < 4.78 is 1.72. The maximum atomic E-state index is 5.56. The molecule has 0 saturated carbocycles. The van der Waals surface area contributed by atoms with Crippen molar-refractivity contribution in [3.05, 3.63) is 36.7 Å². The molecule has 0 spiro atoms. The van der Waals surface area contributed by atoms with Gasteiger partial charge in [-0.1, -0.05) is 18.2 Å². The van der Waals surface area contributed by atoms with E-state index in [2.05, 4.69) is 10.2 Å². The van der Waals surface area contributed by atoms with Crippen LogP contribution in [0.5, 0.6) is 0 Å². The van der Waals surface area contributed by atoms with Gasteiger partial charge in [0.2, 0.25) is 5.95 Å². The van der Waals surface area contributed by atoms with E-state index in [9.17, 15) is 0 Å². The Labute approximate surface area is 69.7 Å². The van der Waals surface area contributed by atoms with Crippen LogP contribution < -0.4 is 5.73 Å². The molecule has 0 amide bonds. The second-order valence-electron chi connectivity index (χ2n) is 2.39. The third kappa shape index (κ3) is 1.03. The van der Waals surface area contributed by atoms with Gasteiger partial charge in [0.1, 0.15) is 6.33 Å². The van der Waals surface area contributed by atoms with Gasteiger partial charge in [0.05, 0.1) is 5.69 Å². The van der Waals surface area contributed by atoms with Crippen LogP contribution >= 0.6 is 0 Å². The lowest BCUT2D eigenvalue weighted by Crippen LogP contribution is -1.98. The Hall–Kier alpha value is -1.84. The molecule has 0 aliphatic rings. The summed E-state index contributed by atoms with van der Waals surface area (Å²) in [7, 11) is 0. The van der Waals surface area contributed by atoms with Crippen molar-refractivity contribution >= 4 is 5.95 Å². The molecule has 0 radical (unpaired) electrons. The van der Waals surface area contributed by atoms with Crippen LogP contribution in [0, 0.1) is 0 Å². The normalized spacial score (nSPS) is 10.0. The highest BCUT2D eigenvalue weighted by molar-refractivity contribution is 5.37. The maximum Gasteiger partial charge on any atom is 0.226 e. The van der Waals surface area contributed by atoms with Gasteiger partial charge < -0.3 is 5.73 Å². The highest BCUT2D eigenvalue weighted by atomic mass is 15.3. The number of para-hydroxylation sites is 1. The number of anilines is 1. The predicted molar refractivity (Wildman–Crippen MR) is 45.8 cm³/mol. The molecular weight excluding hydrogens is 152 g/mol. The quantitative estimate of drug-likeness (QED) is 0.672. The first-order chi connectivity index (χ1) is 5.88. The van der Waals surface area contributed by atoms with E-state index >= 15 is 0 Å². The molecule has 0 fully saturated rings. The second-order valence-corrected chi connectivity index (χ2v) is 2.39. The Morgan fingerprint density at radius 3 is 2.50 bits per heavy atom. The van der Waals surface area contributed by atoms with Crippen LogP contribution in [0.3, 0.4) is 0 Å². The van der Waals surface area contributed by atoms with E-state index in [1.807, 2.05) is 30.3 Å². The topological polar surface area (TPSA) is 56.7 Å². The molecular formula is C8H8N4. The molecule has 1 aromatic carbocycles. The van der Waals surface area contributed by atoms with Crippen molar-refractivity contribution in [1.29, 1.82) is 0 Å². The van der Waals surface area contributed by atoms with E-state index in [4.69, 9.17) is 5.73 Å². The van der Waals surface area contributed by atoms with Gasteiger partial charge in [-0.25, -0.2) is 0 Å². The summed E-state index contributed by atoms with van der Waals surface area (Å²) in [5, 5.41) is 7.37. The van der Waals surface area contributed by atoms with Gasteiger partial charge in [0.25, 0.3) is 0 Å².